The van der Waals surface area contributed by atoms with Crippen LogP contribution in [0.4, 0.5) is 13.9 Å². The number of aromatic nitrogens is 1. The molecule has 168 valence electrons. The Balaban J connectivity index is 0.00000341. The molecule has 0 bridgehead atoms. The fourth-order valence-corrected chi connectivity index (χ4v) is 4.91. The molecule has 1 amide bonds. The number of halogens is 3. The second-order valence-corrected chi connectivity index (χ2v) is 8.89. The molecule has 1 heterocycles. The highest BCUT2D eigenvalue weighted by molar-refractivity contribution is 7.99. The van der Waals surface area contributed by atoms with Gasteiger partial charge in [-0.3, -0.25) is 9.69 Å². The van der Waals surface area contributed by atoms with E-state index in [1.807, 2.05) is 6.07 Å². The molecule has 0 radical (unpaired) electrons. The number of carbonyl (C=O) groups is 1. The summed E-state index contributed by atoms with van der Waals surface area (Å²) < 4.78 is 27.9. The van der Waals surface area contributed by atoms with Crippen molar-refractivity contribution in [3.63, 3.8) is 0 Å². The van der Waals surface area contributed by atoms with E-state index < -0.39 is 0 Å². The van der Waals surface area contributed by atoms with Crippen LogP contribution in [0.15, 0.2) is 47.4 Å². The summed E-state index contributed by atoms with van der Waals surface area (Å²) in [6.07, 6.45) is 0.318. The standard InChI is InChI=1S/C22H25F2N3OS2.ClH/c1-3-26(4-2)13-14-27(22-25-21-18(24)6-5-7-19(21)30-22)20(28)12-15-29-17-10-8-16(23)9-11-17;/h5-11H,3-4,12-15H2,1-2H3;1H. The van der Waals surface area contributed by atoms with Crippen LogP contribution < -0.4 is 4.90 Å². The van der Waals surface area contributed by atoms with Crippen molar-refractivity contribution in [2.24, 2.45) is 0 Å². The molecule has 2 aromatic carbocycles. The van der Waals surface area contributed by atoms with E-state index in [-0.39, 0.29) is 29.9 Å². The summed E-state index contributed by atoms with van der Waals surface area (Å²) in [7, 11) is 0. The zero-order chi connectivity index (χ0) is 21.5. The summed E-state index contributed by atoms with van der Waals surface area (Å²) in [5, 5.41) is 0.527. The second-order valence-electron chi connectivity index (χ2n) is 6.71. The normalized spacial score (nSPS) is 11.0. The Morgan fingerprint density at radius 1 is 1.06 bits per heavy atom. The van der Waals surface area contributed by atoms with Gasteiger partial charge in [-0.05, 0) is 49.5 Å². The van der Waals surface area contributed by atoms with Gasteiger partial charge in [0.25, 0.3) is 0 Å². The summed E-state index contributed by atoms with van der Waals surface area (Å²) in [6.45, 7) is 7.19. The summed E-state index contributed by atoms with van der Waals surface area (Å²) in [4.78, 5) is 22.3. The minimum absolute atomic E-state index is 0. The molecule has 1 aromatic heterocycles. The van der Waals surface area contributed by atoms with Gasteiger partial charge in [-0.15, -0.1) is 24.2 Å². The number of amides is 1. The minimum atomic E-state index is -0.377. The van der Waals surface area contributed by atoms with Crippen LogP contribution >= 0.6 is 35.5 Å². The van der Waals surface area contributed by atoms with Gasteiger partial charge in [0.15, 0.2) is 5.13 Å². The van der Waals surface area contributed by atoms with Crippen LogP contribution in [0, 0.1) is 11.6 Å². The SMILES string of the molecule is CCN(CC)CCN(C(=O)CCSc1ccc(F)cc1)c1nc2c(F)cccc2s1.Cl. The van der Waals surface area contributed by atoms with Crippen molar-refractivity contribution in [3.05, 3.63) is 54.1 Å². The van der Waals surface area contributed by atoms with Crippen LogP contribution in [0.2, 0.25) is 0 Å². The van der Waals surface area contributed by atoms with E-state index >= 15 is 0 Å². The quantitative estimate of drug-likeness (QED) is 0.337. The van der Waals surface area contributed by atoms with Crippen molar-refractivity contribution in [1.82, 2.24) is 9.88 Å². The van der Waals surface area contributed by atoms with Crippen LogP contribution in [0.1, 0.15) is 20.3 Å². The number of benzene rings is 2. The number of nitrogens with zero attached hydrogens (tertiary/aromatic N) is 3. The predicted octanol–water partition coefficient (Wildman–Crippen LogP) is 5.85. The number of anilines is 1. The Morgan fingerprint density at radius 2 is 1.77 bits per heavy atom. The van der Waals surface area contributed by atoms with Gasteiger partial charge in [-0.25, -0.2) is 13.8 Å². The molecule has 3 aromatic rings. The number of carbonyl (C=O) groups excluding carboxylic acids is 1. The van der Waals surface area contributed by atoms with Gasteiger partial charge in [0.2, 0.25) is 5.91 Å². The fraction of sp³-hybridized carbons (Fsp3) is 0.364. The maximum absolute atomic E-state index is 14.1. The molecule has 0 fully saturated rings. The molecule has 4 nitrogen and oxygen atoms in total. The molecule has 0 aliphatic carbocycles. The zero-order valence-corrected chi connectivity index (χ0v) is 20.0. The zero-order valence-electron chi connectivity index (χ0n) is 17.5. The van der Waals surface area contributed by atoms with Gasteiger partial charge in [0.05, 0.1) is 4.70 Å². The molecule has 0 aliphatic heterocycles. The van der Waals surface area contributed by atoms with Crippen LogP contribution in [-0.2, 0) is 4.79 Å². The Labute approximate surface area is 196 Å². The molecule has 0 unspecified atom stereocenters. The van der Waals surface area contributed by atoms with Crippen LogP contribution in [-0.4, -0.2) is 47.7 Å². The Morgan fingerprint density at radius 3 is 2.42 bits per heavy atom. The third-order valence-electron chi connectivity index (χ3n) is 4.82. The molecule has 3 rings (SSSR count). The topological polar surface area (TPSA) is 36.4 Å². The number of hydrogen-bond donors (Lipinski definition) is 0. The van der Waals surface area contributed by atoms with Gasteiger partial charge in [0.1, 0.15) is 17.2 Å². The van der Waals surface area contributed by atoms with Crippen LogP contribution in [0.3, 0.4) is 0 Å². The van der Waals surface area contributed by atoms with Gasteiger partial charge < -0.3 is 4.90 Å². The van der Waals surface area contributed by atoms with Gasteiger partial charge in [-0.1, -0.05) is 31.3 Å². The Hall–Kier alpha value is -1.74. The van der Waals surface area contributed by atoms with Crippen molar-refractivity contribution < 1.29 is 13.6 Å². The molecular formula is C22H26ClF2N3OS2. The number of thioether (sulfide) groups is 1. The smallest absolute Gasteiger partial charge is 0.229 e. The van der Waals surface area contributed by atoms with Crippen molar-refractivity contribution in [2.75, 3.05) is 36.8 Å². The molecule has 0 N–H and O–H groups in total. The number of thiazole rings is 1. The average molecular weight is 486 g/mol. The maximum Gasteiger partial charge on any atom is 0.229 e. The van der Waals surface area contributed by atoms with E-state index in [9.17, 15) is 13.6 Å². The second kappa shape index (κ2) is 12.3. The molecule has 0 saturated carbocycles. The van der Waals surface area contributed by atoms with E-state index in [2.05, 4.69) is 23.7 Å². The third-order valence-corrected chi connectivity index (χ3v) is 6.88. The molecule has 0 aliphatic rings. The highest BCUT2D eigenvalue weighted by Gasteiger charge is 2.21. The monoisotopic (exact) mass is 485 g/mol. The highest BCUT2D eigenvalue weighted by Crippen LogP contribution is 2.31. The van der Waals surface area contributed by atoms with Crippen molar-refractivity contribution in [2.45, 2.75) is 25.2 Å². The maximum atomic E-state index is 14.1. The van der Waals surface area contributed by atoms with E-state index in [4.69, 9.17) is 0 Å². The number of para-hydroxylation sites is 1. The summed E-state index contributed by atoms with van der Waals surface area (Å²) in [5.41, 5.74) is 0.304. The van der Waals surface area contributed by atoms with Crippen molar-refractivity contribution in [3.8, 4) is 0 Å². The lowest BCUT2D eigenvalue weighted by atomic mass is 10.3. The summed E-state index contributed by atoms with van der Waals surface area (Å²) in [5.74, 6) is -0.124. The van der Waals surface area contributed by atoms with Crippen molar-refractivity contribution >= 4 is 56.8 Å². The molecule has 31 heavy (non-hydrogen) atoms. The first-order valence-electron chi connectivity index (χ1n) is 9.98. The highest BCUT2D eigenvalue weighted by atomic mass is 35.5. The first-order chi connectivity index (χ1) is 14.5. The van der Waals surface area contributed by atoms with E-state index in [0.29, 0.717) is 29.4 Å². The third kappa shape index (κ3) is 6.87. The van der Waals surface area contributed by atoms with Crippen LogP contribution in [0.5, 0.6) is 0 Å². The predicted molar refractivity (Wildman–Crippen MR) is 129 cm³/mol. The number of fused-ring (bicyclic) bond motifs is 1. The van der Waals surface area contributed by atoms with Crippen LogP contribution in [0.25, 0.3) is 10.2 Å². The fourth-order valence-electron chi connectivity index (χ4n) is 3.05. The van der Waals surface area contributed by atoms with E-state index in [1.165, 1.54) is 41.3 Å². The molecule has 9 heteroatoms. The van der Waals surface area contributed by atoms with E-state index in [1.54, 1.807) is 23.1 Å². The first kappa shape index (κ1) is 25.5. The first-order valence-corrected chi connectivity index (χ1v) is 11.8. The lowest BCUT2D eigenvalue weighted by molar-refractivity contribution is -0.118. The minimum Gasteiger partial charge on any atom is -0.302 e. The Bertz CT molecular complexity index is 981. The lowest BCUT2D eigenvalue weighted by Gasteiger charge is -2.24. The molecule has 0 saturated heterocycles. The van der Waals surface area contributed by atoms with E-state index in [0.717, 1.165) is 29.2 Å². The average Bonchev–Trinajstić information content (AvgIpc) is 3.18. The Kier molecular flexibility index (Phi) is 10.2. The number of hydrogen-bond acceptors (Lipinski definition) is 5. The van der Waals surface area contributed by atoms with Crippen molar-refractivity contribution in [1.29, 1.82) is 0 Å². The number of likely N-dealkylation sites (N-methyl/N-ethyl adjacent to an activating group) is 1. The van der Waals surface area contributed by atoms with Gasteiger partial charge in [-0.2, -0.15) is 0 Å². The van der Waals surface area contributed by atoms with Gasteiger partial charge in [0, 0.05) is 30.2 Å². The molecular weight excluding hydrogens is 460 g/mol. The van der Waals surface area contributed by atoms with Gasteiger partial charge >= 0.3 is 0 Å². The summed E-state index contributed by atoms with van der Waals surface area (Å²) in [6, 6.07) is 11.1. The largest absolute Gasteiger partial charge is 0.302 e. The number of rotatable bonds is 10. The lowest BCUT2D eigenvalue weighted by Crippen LogP contribution is -2.39. The molecule has 0 atom stereocenters. The molecule has 0 spiro atoms. The summed E-state index contributed by atoms with van der Waals surface area (Å²) >= 11 is 2.84.